The van der Waals surface area contributed by atoms with Crippen LogP contribution in [-0.2, 0) is 21.9 Å². The number of piperazine rings is 1. The molecule has 2 aromatic carbocycles. The van der Waals surface area contributed by atoms with Crippen LogP contribution in [0.5, 0.6) is 5.75 Å². The summed E-state index contributed by atoms with van der Waals surface area (Å²) in [5.41, 5.74) is 2.32. The Labute approximate surface area is 354 Å². The van der Waals surface area contributed by atoms with Gasteiger partial charge in [0, 0.05) is 60.8 Å². The van der Waals surface area contributed by atoms with Crippen LogP contribution in [0.3, 0.4) is 0 Å². The topological polar surface area (TPSA) is 111 Å². The molecule has 8 rings (SSSR count). The number of nitrogens with zero attached hydrogens (tertiary/aromatic N) is 2. The summed E-state index contributed by atoms with van der Waals surface area (Å²) in [4.78, 5) is 18.4. The molecule has 9 nitrogen and oxygen atoms in total. The Morgan fingerprint density at radius 3 is 2.54 bits per heavy atom. The van der Waals surface area contributed by atoms with E-state index in [9.17, 15) is 18.3 Å². The number of fused-ring (bicyclic) bond motifs is 4. The van der Waals surface area contributed by atoms with Gasteiger partial charge in [-0.15, -0.1) is 23.5 Å². The minimum absolute atomic E-state index is 0.0302. The first-order valence-corrected chi connectivity index (χ1v) is 25.2. The van der Waals surface area contributed by atoms with Gasteiger partial charge in [0.15, 0.2) is 0 Å². The first-order valence-electron chi connectivity index (χ1n) is 21.2. The maximum absolute atomic E-state index is 13.5. The number of allylic oxidation sites excluding steroid dienone is 1. The van der Waals surface area contributed by atoms with Crippen LogP contribution in [0, 0.1) is 17.8 Å². The van der Waals surface area contributed by atoms with Crippen molar-refractivity contribution in [3.63, 3.8) is 0 Å². The van der Waals surface area contributed by atoms with Crippen LogP contribution in [0.4, 0.5) is 5.69 Å². The molecule has 3 fully saturated rings. The zero-order chi connectivity index (χ0) is 40.5. The monoisotopic (exact) mass is 858 g/mol. The lowest BCUT2D eigenvalue weighted by molar-refractivity contribution is -0.0333. The molecule has 2 aromatic rings. The van der Waals surface area contributed by atoms with Crippen molar-refractivity contribution in [1.82, 2.24) is 14.9 Å². The van der Waals surface area contributed by atoms with E-state index in [0.717, 1.165) is 73.8 Å². The van der Waals surface area contributed by atoms with Gasteiger partial charge in [-0.25, -0.2) is 13.1 Å². The van der Waals surface area contributed by atoms with Crippen molar-refractivity contribution in [3.8, 4) is 5.75 Å². The number of carbonyl (C=O) groups is 1. The summed E-state index contributed by atoms with van der Waals surface area (Å²) in [6, 6.07) is 12.9. The fraction of sp³-hybridized carbons (Fsp3) is 0.659. The van der Waals surface area contributed by atoms with Crippen LogP contribution in [0.2, 0.25) is 5.02 Å². The van der Waals surface area contributed by atoms with Gasteiger partial charge in [0.05, 0.1) is 22.1 Å². The number of amides is 1. The molecule has 57 heavy (non-hydrogen) atoms. The third-order valence-corrected chi connectivity index (χ3v) is 19.0. The molecule has 0 radical (unpaired) electrons. The van der Waals surface area contributed by atoms with Crippen LogP contribution >= 0.6 is 35.1 Å². The Hall–Kier alpha value is -1.93. The number of sulfonamides is 1. The van der Waals surface area contributed by atoms with Gasteiger partial charge in [-0.3, -0.25) is 9.69 Å². The summed E-state index contributed by atoms with van der Waals surface area (Å²) in [7, 11) is -3.95. The number of ether oxygens (including phenoxy) is 1. The highest BCUT2D eigenvalue weighted by molar-refractivity contribution is 8.17. The molecule has 1 spiro atoms. The quantitative estimate of drug-likeness (QED) is 0.263. The largest absolute Gasteiger partial charge is 0.490 e. The summed E-state index contributed by atoms with van der Waals surface area (Å²) in [6.45, 7) is 15.8. The van der Waals surface area contributed by atoms with E-state index < -0.39 is 26.8 Å². The lowest BCUT2D eigenvalue weighted by Gasteiger charge is -2.51. The number of anilines is 1. The molecule has 4 aliphatic heterocycles. The Bertz CT molecular complexity index is 1890. The summed E-state index contributed by atoms with van der Waals surface area (Å²) >= 11 is 10.2. The van der Waals surface area contributed by atoms with Gasteiger partial charge in [-0.2, -0.15) is 0 Å². The summed E-state index contributed by atoms with van der Waals surface area (Å²) in [5, 5.41) is 16.0. The molecule has 3 N–H and O–H groups in total. The van der Waals surface area contributed by atoms with Crippen LogP contribution in [-0.4, -0.2) is 103 Å². The van der Waals surface area contributed by atoms with Crippen LogP contribution in [0.25, 0.3) is 0 Å². The minimum atomic E-state index is -3.95. The van der Waals surface area contributed by atoms with E-state index in [2.05, 4.69) is 52.7 Å². The minimum Gasteiger partial charge on any atom is -0.490 e. The van der Waals surface area contributed by atoms with Crippen LogP contribution in [0.15, 0.2) is 48.6 Å². The van der Waals surface area contributed by atoms with Crippen molar-refractivity contribution in [2.75, 3.05) is 55.7 Å². The fourth-order valence-electron chi connectivity index (χ4n) is 9.94. The standard InChI is InChI=1S/C36H45ClN2O5S3.C8H18N2/c1-23-6-3-15-36(41,34-45-16-5-17-46-34)30-11-8-27(30)20-39-21-35(14-4-7-25-18-28(37)10-12-29(25)35)22-44-32-13-9-26(19-31(32)39)33(40)38-47(42,43)24(23)2;1-7(2)10-5-4-9-6-8(10)3/h3,9-10,12-13,15,18-19,23-24,27,30,34,41H,4-8,11,14,16-17,20-22H2,1-2H3,(H,38,40);7-9H,4-6H2,1-3H3/b15-3+;/t23-,24+,27-,30+,35-,36+;8-/m01/s1. The number of hydrogen-bond donors (Lipinski definition) is 3. The van der Waals surface area contributed by atoms with Gasteiger partial charge >= 0.3 is 0 Å². The van der Waals surface area contributed by atoms with Gasteiger partial charge < -0.3 is 20.1 Å². The second kappa shape index (κ2) is 18.0. The Balaban J connectivity index is 0.000000434. The molecule has 1 saturated carbocycles. The summed E-state index contributed by atoms with van der Waals surface area (Å²) in [5.74, 6) is 2.18. The highest BCUT2D eigenvalue weighted by Gasteiger charge is 2.52. The molecule has 0 aromatic heterocycles. The predicted molar refractivity (Wildman–Crippen MR) is 238 cm³/mol. The van der Waals surface area contributed by atoms with Crippen LogP contribution < -0.4 is 19.7 Å². The lowest BCUT2D eigenvalue weighted by atomic mass is 9.64. The number of halogens is 1. The SMILES string of the molecule is CC(C)N1CCNC[C@H]1C.C[C@@H]1[C@@H](C)C/C=C/[C@](O)(C2SCCCS2)[C@@H]2CC[C@H]2CN2C[C@@]3(CCCc4cc(Cl)ccc43)COc3ccc(cc32)C(=O)NS1(=O)=O. The molecule has 6 aliphatic rings. The average Bonchev–Trinajstić information content (AvgIpc) is 3.32. The molecule has 1 amide bonds. The molecule has 2 bridgehead atoms. The number of aliphatic hydroxyl groups is 1. The van der Waals surface area contributed by atoms with Gasteiger partial charge in [-0.05, 0) is 143 Å². The Morgan fingerprint density at radius 1 is 1.05 bits per heavy atom. The van der Waals surface area contributed by atoms with E-state index in [1.54, 1.807) is 19.1 Å². The van der Waals surface area contributed by atoms with E-state index in [1.807, 2.05) is 54.7 Å². The third-order valence-electron chi connectivity index (χ3n) is 13.6. The number of nitrogens with one attached hydrogen (secondary N) is 2. The van der Waals surface area contributed by atoms with Gasteiger partial charge in [0.2, 0.25) is 10.0 Å². The number of benzene rings is 2. The summed E-state index contributed by atoms with van der Waals surface area (Å²) < 4.78 is 35.9. The number of thioether (sulfide) groups is 2. The lowest BCUT2D eigenvalue weighted by Crippen LogP contribution is -2.55. The maximum atomic E-state index is 13.5. The number of carbonyl (C=O) groups excluding carboxylic acids is 1. The Kier molecular flexibility index (Phi) is 13.6. The van der Waals surface area contributed by atoms with Gasteiger partial charge in [0.25, 0.3) is 5.91 Å². The molecule has 314 valence electrons. The molecular weight excluding hydrogens is 796 g/mol. The highest BCUT2D eigenvalue weighted by atomic mass is 35.5. The van der Waals surface area contributed by atoms with Crippen molar-refractivity contribution in [2.45, 2.75) is 112 Å². The smallest absolute Gasteiger partial charge is 0.264 e. The maximum Gasteiger partial charge on any atom is 0.264 e. The second-order valence-electron chi connectivity index (χ2n) is 17.7. The molecule has 13 heteroatoms. The number of hydrogen-bond acceptors (Lipinski definition) is 10. The highest BCUT2D eigenvalue weighted by Crippen LogP contribution is 2.53. The first-order chi connectivity index (χ1) is 27.2. The third kappa shape index (κ3) is 9.22. The molecule has 4 heterocycles. The number of rotatable bonds is 2. The predicted octanol–water partition coefficient (Wildman–Crippen LogP) is 7.50. The van der Waals surface area contributed by atoms with E-state index in [4.69, 9.17) is 16.3 Å². The van der Waals surface area contributed by atoms with Crippen molar-refractivity contribution >= 4 is 56.7 Å². The molecular formula is C44H63ClN4O5S3. The average molecular weight is 860 g/mol. The van der Waals surface area contributed by atoms with Gasteiger partial charge in [0.1, 0.15) is 11.4 Å². The van der Waals surface area contributed by atoms with E-state index in [1.165, 1.54) is 17.7 Å². The summed E-state index contributed by atoms with van der Waals surface area (Å²) in [6.07, 6.45) is 10.5. The van der Waals surface area contributed by atoms with E-state index in [-0.39, 0.29) is 33.3 Å². The molecule has 2 aliphatic carbocycles. The van der Waals surface area contributed by atoms with Crippen molar-refractivity contribution < 1.29 is 23.1 Å². The second-order valence-corrected chi connectivity index (χ2v) is 22.9. The van der Waals surface area contributed by atoms with Crippen molar-refractivity contribution in [1.29, 1.82) is 0 Å². The fourth-order valence-corrected chi connectivity index (χ4v) is 14.7. The number of aryl methyl sites for hydroxylation is 1. The molecule has 0 unspecified atom stereocenters. The van der Waals surface area contributed by atoms with Crippen molar-refractivity contribution in [2.24, 2.45) is 17.8 Å². The zero-order valence-corrected chi connectivity index (χ0v) is 37.5. The molecule has 7 atom stereocenters. The molecule has 2 saturated heterocycles. The first kappa shape index (κ1) is 43.2. The van der Waals surface area contributed by atoms with Gasteiger partial charge in [-0.1, -0.05) is 36.7 Å². The van der Waals surface area contributed by atoms with Crippen LogP contribution in [0.1, 0.15) is 94.6 Å². The van der Waals surface area contributed by atoms with E-state index in [0.29, 0.717) is 44.0 Å². The zero-order valence-electron chi connectivity index (χ0n) is 34.3. The van der Waals surface area contributed by atoms with Crippen molar-refractivity contribution in [3.05, 3.63) is 70.3 Å². The van der Waals surface area contributed by atoms with E-state index >= 15 is 0 Å². The Morgan fingerprint density at radius 2 is 1.84 bits per heavy atom. The normalized spacial score (nSPS) is 34.0.